The van der Waals surface area contributed by atoms with Crippen molar-refractivity contribution in [1.82, 2.24) is 15.2 Å². The zero-order valence-electron chi connectivity index (χ0n) is 17.1. The lowest BCUT2D eigenvalue weighted by Crippen LogP contribution is -2.35. The maximum absolute atomic E-state index is 13.4. The number of halogens is 1. The van der Waals surface area contributed by atoms with Crippen molar-refractivity contribution in [2.24, 2.45) is 0 Å². The molecule has 7 heteroatoms. The van der Waals surface area contributed by atoms with Crippen molar-refractivity contribution >= 4 is 5.91 Å². The number of carbonyl (C=O) groups is 1. The summed E-state index contributed by atoms with van der Waals surface area (Å²) in [6.07, 6.45) is 1.59. The Morgan fingerprint density at radius 3 is 2.77 bits per heavy atom. The van der Waals surface area contributed by atoms with Crippen LogP contribution in [0.2, 0.25) is 0 Å². The van der Waals surface area contributed by atoms with E-state index in [1.807, 2.05) is 24.3 Å². The number of hydrogen-bond acceptors (Lipinski definition) is 5. The van der Waals surface area contributed by atoms with Gasteiger partial charge in [-0.2, -0.15) is 0 Å². The van der Waals surface area contributed by atoms with Gasteiger partial charge < -0.3 is 14.8 Å². The molecule has 1 saturated heterocycles. The first-order valence-corrected chi connectivity index (χ1v) is 10.2. The second-order valence-corrected chi connectivity index (χ2v) is 7.30. The minimum atomic E-state index is -0.389. The standard InChI is InChI=1S/C24H24FN3O3/c25-21-7-2-8-22(15-21)31-24-20(6-3-9-26-24)16-27-23(29)19-5-1-4-18(14-19)17-28-10-12-30-13-11-28/h1-9,14-15H,10-13,16-17H2,(H,27,29). The molecule has 2 aromatic carbocycles. The lowest BCUT2D eigenvalue weighted by Gasteiger charge is -2.26. The number of nitrogens with one attached hydrogen (secondary N) is 1. The molecule has 1 fully saturated rings. The molecule has 0 unspecified atom stereocenters. The summed E-state index contributed by atoms with van der Waals surface area (Å²) in [5.41, 5.74) is 2.39. The highest BCUT2D eigenvalue weighted by Gasteiger charge is 2.13. The Labute approximate surface area is 180 Å². The number of carbonyl (C=O) groups excluding carboxylic acids is 1. The van der Waals surface area contributed by atoms with Crippen molar-refractivity contribution in [3.8, 4) is 11.6 Å². The third kappa shape index (κ3) is 5.87. The average Bonchev–Trinajstić information content (AvgIpc) is 2.79. The summed E-state index contributed by atoms with van der Waals surface area (Å²) in [4.78, 5) is 19.3. The second-order valence-electron chi connectivity index (χ2n) is 7.30. The van der Waals surface area contributed by atoms with Gasteiger partial charge >= 0.3 is 0 Å². The quantitative estimate of drug-likeness (QED) is 0.629. The molecule has 2 heterocycles. The Bertz CT molecular complexity index is 1040. The van der Waals surface area contributed by atoms with Crippen LogP contribution in [0.4, 0.5) is 4.39 Å². The van der Waals surface area contributed by atoms with Gasteiger partial charge in [0.05, 0.1) is 13.2 Å². The Hall–Kier alpha value is -3.29. The number of amides is 1. The van der Waals surface area contributed by atoms with E-state index < -0.39 is 0 Å². The third-order valence-electron chi connectivity index (χ3n) is 5.00. The highest BCUT2D eigenvalue weighted by molar-refractivity contribution is 5.94. The average molecular weight is 421 g/mol. The van der Waals surface area contributed by atoms with Crippen LogP contribution in [0.1, 0.15) is 21.5 Å². The first-order valence-electron chi connectivity index (χ1n) is 10.2. The SMILES string of the molecule is O=C(NCc1cccnc1Oc1cccc(F)c1)c1cccc(CN2CCOCC2)c1. The largest absolute Gasteiger partial charge is 0.439 e. The summed E-state index contributed by atoms with van der Waals surface area (Å²) in [5.74, 6) is 0.112. The summed E-state index contributed by atoms with van der Waals surface area (Å²) in [6, 6.07) is 17.1. The van der Waals surface area contributed by atoms with Gasteiger partial charge in [0.25, 0.3) is 5.91 Å². The maximum atomic E-state index is 13.4. The van der Waals surface area contributed by atoms with Crippen LogP contribution in [-0.4, -0.2) is 42.1 Å². The molecule has 1 aromatic heterocycles. The fourth-order valence-electron chi connectivity index (χ4n) is 3.40. The number of benzene rings is 2. The molecule has 1 aliphatic heterocycles. The molecule has 31 heavy (non-hydrogen) atoms. The molecule has 6 nitrogen and oxygen atoms in total. The van der Waals surface area contributed by atoms with E-state index >= 15 is 0 Å². The molecule has 160 valence electrons. The fraction of sp³-hybridized carbons (Fsp3) is 0.250. The van der Waals surface area contributed by atoms with E-state index in [4.69, 9.17) is 9.47 Å². The molecule has 0 saturated carbocycles. The normalized spacial score (nSPS) is 14.2. The Morgan fingerprint density at radius 2 is 1.94 bits per heavy atom. The molecule has 3 aromatic rings. The summed E-state index contributed by atoms with van der Waals surface area (Å²) in [7, 11) is 0. The minimum Gasteiger partial charge on any atom is -0.439 e. The molecule has 0 spiro atoms. The van der Waals surface area contributed by atoms with Crippen molar-refractivity contribution < 1.29 is 18.7 Å². The fourth-order valence-corrected chi connectivity index (χ4v) is 3.40. The molecule has 0 bridgehead atoms. The summed E-state index contributed by atoms with van der Waals surface area (Å²) >= 11 is 0. The monoisotopic (exact) mass is 421 g/mol. The van der Waals surface area contributed by atoms with Crippen molar-refractivity contribution in [2.75, 3.05) is 26.3 Å². The summed E-state index contributed by atoms with van der Waals surface area (Å²) < 4.78 is 24.5. The van der Waals surface area contributed by atoms with Crippen molar-refractivity contribution in [3.05, 3.63) is 89.4 Å². The predicted molar refractivity (Wildman–Crippen MR) is 114 cm³/mol. The zero-order chi connectivity index (χ0) is 21.5. The van der Waals surface area contributed by atoms with Crippen LogP contribution in [0.15, 0.2) is 66.9 Å². The molecule has 0 atom stereocenters. The third-order valence-corrected chi connectivity index (χ3v) is 5.00. The van der Waals surface area contributed by atoms with Gasteiger partial charge in [0.1, 0.15) is 11.6 Å². The van der Waals surface area contributed by atoms with Gasteiger partial charge in [-0.25, -0.2) is 9.37 Å². The highest BCUT2D eigenvalue weighted by Crippen LogP contribution is 2.23. The predicted octanol–water partition coefficient (Wildman–Crippen LogP) is 3.78. The van der Waals surface area contributed by atoms with Gasteiger partial charge in [0.15, 0.2) is 0 Å². The topological polar surface area (TPSA) is 63.7 Å². The van der Waals surface area contributed by atoms with Crippen LogP contribution in [0.3, 0.4) is 0 Å². The number of rotatable bonds is 7. The number of aromatic nitrogens is 1. The first-order chi connectivity index (χ1) is 15.2. The summed E-state index contributed by atoms with van der Waals surface area (Å²) in [6.45, 7) is 4.30. The number of nitrogens with zero attached hydrogens (tertiary/aromatic N) is 2. The van der Waals surface area contributed by atoms with Gasteiger partial charge in [0, 0.05) is 49.6 Å². The molecule has 4 rings (SSSR count). The van der Waals surface area contributed by atoms with E-state index in [9.17, 15) is 9.18 Å². The smallest absolute Gasteiger partial charge is 0.251 e. The molecule has 0 aliphatic carbocycles. The van der Waals surface area contributed by atoms with Crippen molar-refractivity contribution in [2.45, 2.75) is 13.1 Å². The van der Waals surface area contributed by atoms with E-state index in [0.717, 1.165) is 38.4 Å². The van der Waals surface area contributed by atoms with Crippen LogP contribution in [0, 0.1) is 5.82 Å². The zero-order valence-corrected chi connectivity index (χ0v) is 17.1. The van der Waals surface area contributed by atoms with Crippen LogP contribution in [0.25, 0.3) is 0 Å². The Morgan fingerprint density at radius 1 is 1.10 bits per heavy atom. The van der Waals surface area contributed by atoms with Gasteiger partial charge in [-0.1, -0.05) is 24.3 Å². The summed E-state index contributed by atoms with van der Waals surface area (Å²) in [5, 5.41) is 2.92. The molecular weight excluding hydrogens is 397 g/mol. The van der Waals surface area contributed by atoms with E-state index in [-0.39, 0.29) is 18.3 Å². The van der Waals surface area contributed by atoms with E-state index in [2.05, 4.69) is 15.2 Å². The Kier molecular flexibility index (Phi) is 6.86. The van der Waals surface area contributed by atoms with Crippen LogP contribution >= 0.6 is 0 Å². The Balaban J connectivity index is 1.39. The lowest BCUT2D eigenvalue weighted by molar-refractivity contribution is 0.0342. The molecule has 0 radical (unpaired) electrons. The van der Waals surface area contributed by atoms with Gasteiger partial charge in [-0.15, -0.1) is 0 Å². The van der Waals surface area contributed by atoms with E-state index in [0.29, 0.717) is 22.8 Å². The number of ether oxygens (including phenoxy) is 2. The van der Waals surface area contributed by atoms with Crippen molar-refractivity contribution in [3.63, 3.8) is 0 Å². The van der Waals surface area contributed by atoms with Gasteiger partial charge in [0.2, 0.25) is 5.88 Å². The van der Waals surface area contributed by atoms with Gasteiger partial charge in [-0.05, 0) is 35.9 Å². The van der Waals surface area contributed by atoms with E-state index in [1.165, 1.54) is 12.1 Å². The first kappa shape index (κ1) is 21.0. The maximum Gasteiger partial charge on any atom is 0.251 e. The lowest BCUT2D eigenvalue weighted by atomic mass is 10.1. The molecule has 1 aliphatic rings. The molecule has 1 N–H and O–H groups in total. The molecule has 1 amide bonds. The second kappa shape index (κ2) is 10.1. The highest BCUT2D eigenvalue weighted by atomic mass is 19.1. The number of pyridine rings is 1. The van der Waals surface area contributed by atoms with Gasteiger partial charge in [-0.3, -0.25) is 9.69 Å². The van der Waals surface area contributed by atoms with E-state index in [1.54, 1.807) is 30.5 Å². The van der Waals surface area contributed by atoms with Crippen molar-refractivity contribution in [1.29, 1.82) is 0 Å². The number of hydrogen-bond donors (Lipinski definition) is 1. The van der Waals surface area contributed by atoms with Crippen LogP contribution in [0.5, 0.6) is 11.6 Å². The minimum absolute atomic E-state index is 0.176. The number of morpholine rings is 1. The van der Waals surface area contributed by atoms with Crippen LogP contribution in [-0.2, 0) is 17.8 Å². The van der Waals surface area contributed by atoms with Crippen LogP contribution < -0.4 is 10.1 Å². The molecular formula is C24H24FN3O3.